The van der Waals surface area contributed by atoms with Crippen molar-refractivity contribution >= 4 is 15.9 Å². The van der Waals surface area contributed by atoms with Crippen LogP contribution in [0.5, 0.6) is 0 Å². The summed E-state index contributed by atoms with van der Waals surface area (Å²) in [4.78, 5) is 2.61. The molecule has 1 nitrogen and oxygen atoms in total. The maximum absolute atomic E-state index is 3.51. The first-order valence-electron chi connectivity index (χ1n) is 5.15. The summed E-state index contributed by atoms with van der Waals surface area (Å²) in [5, 5.41) is 1.13. The lowest BCUT2D eigenvalue weighted by Crippen LogP contribution is -2.28. The number of unbranched alkanes of at least 4 members (excludes halogenated alkanes) is 1. The van der Waals surface area contributed by atoms with Gasteiger partial charge in [0.1, 0.15) is 0 Å². The third kappa shape index (κ3) is 4.46. The van der Waals surface area contributed by atoms with Crippen LogP contribution >= 0.6 is 15.9 Å². The summed E-state index contributed by atoms with van der Waals surface area (Å²) in [7, 11) is 0. The molecule has 0 saturated heterocycles. The highest BCUT2D eigenvalue weighted by Gasteiger charge is 2.23. The minimum absolute atomic E-state index is 1.04. The normalized spacial score (nSPS) is 17.2. The van der Waals surface area contributed by atoms with Gasteiger partial charge in [0.2, 0.25) is 0 Å². The van der Waals surface area contributed by atoms with Crippen LogP contribution in [-0.4, -0.2) is 29.9 Å². The summed E-state index contributed by atoms with van der Waals surface area (Å²) in [5.41, 5.74) is 0. The fraction of sp³-hybridized carbons (Fsp3) is 1.00. The van der Waals surface area contributed by atoms with Crippen molar-refractivity contribution in [3.63, 3.8) is 0 Å². The third-order valence-corrected chi connectivity index (χ3v) is 2.80. The molecule has 0 aromatic heterocycles. The average molecular weight is 234 g/mol. The Morgan fingerprint density at radius 2 is 2.08 bits per heavy atom. The number of hydrogen-bond acceptors (Lipinski definition) is 1. The van der Waals surface area contributed by atoms with Crippen molar-refractivity contribution in [2.24, 2.45) is 5.92 Å². The van der Waals surface area contributed by atoms with Gasteiger partial charge in [-0.2, -0.15) is 0 Å². The smallest absolute Gasteiger partial charge is 0.0159 e. The first-order chi connectivity index (χ1) is 5.86. The molecule has 0 aromatic rings. The van der Waals surface area contributed by atoms with E-state index >= 15 is 0 Å². The summed E-state index contributed by atoms with van der Waals surface area (Å²) in [6.07, 6.45) is 5.64. The monoisotopic (exact) mass is 233 g/mol. The Bertz CT molecular complexity index is 112. The zero-order valence-corrected chi connectivity index (χ0v) is 9.65. The summed E-state index contributed by atoms with van der Waals surface area (Å²) < 4.78 is 0. The molecule has 0 heterocycles. The van der Waals surface area contributed by atoms with Crippen LogP contribution in [0.4, 0.5) is 0 Å². The molecule has 0 unspecified atom stereocenters. The van der Waals surface area contributed by atoms with E-state index in [-0.39, 0.29) is 0 Å². The first-order valence-corrected chi connectivity index (χ1v) is 6.27. The molecule has 0 amide bonds. The quantitative estimate of drug-likeness (QED) is 0.612. The molecule has 72 valence electrons. The van der Waals surface area contributed by atoms with Gasteiger partial charge in [-0.3, -0.25) is 0 Å². The van der Waals surface area contributed by atoms with Gasteiger partial charge < -0.3 is 4.90 Å². The SMILES string of the molecule is CCCCN(CCBr)CC1CC1. The number of hydrogen-bond donors (Lipinski definition) is 0. The predicted molar refractivity (Wildman–Crippen MR) is 57.9 cm³/mol. The summed E-state index contributed by atoms with van der Waals surface area (Å²) in [6, 6.07) is 0. The first kappa shape index (κ1) is 10.5. The maximum atomic E-state index is 3.51. The van der Waals surface area contributed by atoms with E-state index in [9.17, 15) is 0 Å². The standard InChI is InChI=1S/C10H20BrN/c1-2-3-7-12(8-6-11)9-10-4-5-10/h10H,2-9H2,1H3. The van der Waals surface area contributed by atoms with Gasteiger partial charge in [-0.15, -0.1) is 0 Å². The Kier molecular flexibility index (Phi) is 5.24. The minimum Gasteiger partial charge on any atom is -0.302 e. The van der Waals surface area contributed by atoms with Crippen molar-refractivity contribution in [1.82, 2.24) is 4.90 Å². The van der Waals surface area contributed by atoms with E-state index in [1.54, 1.807) is 0 Å². The molecule has 1 aliphatic carbocycles. The largest absolute Gasteiger partial charge is 0.302 e. The van der Waals surface area contributed by atoms with Crippen molar-refractivity contribution in [2.75, 3.05) is 25.0 Å². The van der Waals surface area contributed by atoms with Crippen LogP contribution in [-0.2, 0) is 0 Å². The summed E-state index contributed by atoms with van der Waals surface area (Å²) in [5.74, 6) is 1.04. The predicted octanol–water partition coefficient (Wildman–Crippen LogP) is 2.89. The van der Waals surface area contributed by atoms with Gasteiger partial charge in [0.05, 0.1) is 0 Å². The lowest BCUT2D eigenvalue weighted by Gasteiger charge is -2.20. The molecule has 1 saturated carbocycles. The fourth-order valence-corrected chi connectivity index (χ4v) is 1.96. The fourth-order valence-electron chi connectivity index (χ4n) is 1.46. The molecule has 0 atom stereocenters. The van der Waals surface area contributed by atoms with Crippen molar-refractivity contribution < 1.29 is 0 Å². The molecule has 0 spiro atoms. The van der Waals surface area contributed by atoms with Crippen molar-refractivity contribution in [1.29, 1.82) is 0 Å². The molecular weight excluding hydrogens is 214 g/mol. The van der Waals surface area contributed by atoms with Crippen molar-refractivity contribution in [3.8, 4) is 0 Å². The molecule has 0 bridgehead atoms. The van der Waals surface area contributed by atoms with Crippen LogP contribution in [0.1, 0.15) is 32.6 Å². The Labute approximate surface area is 84.6 Å². The molecular formula is C10H20BrN. The zero-order chi connectivity index (χ0) is 8.81. The van der Waals surface area contributed by atoms with E-state index in [1.165, 1.54) is 45.3 Å². The van der Waals surface area contributed by atoms with Crippen LogP contribution in [0, 0.1) is 5.92 Å². The van der Waals surface area contributed by atoms with E-state index in [2.05, 4.69) is 27.8 Å². The molecule has 12 heavy (non-hydrogen) atoms. The number of halogens is 1. The summed E-state index contributed by atoms with van der Waals surface area (Å²) >= 11 is 3.51. The molecule has 1 aliphatic rings. The van der Waals surface area contributed by atoms with Gasteiger partial charge in [-0.25, -0.2) is 0 Å². The van der Waals surface area contributed by atoms with E-state index in [4.69, 9.17) is 0 Å². The Morgan fingerprint density at radius 3 is 2.58 bits per heavy atom. The van der Waals surface area contributed by atoms with E-state index in [0.29, 0.717) is 0 Å². The molecule has 0 radical (unpaired) electrons. The maximum Gasteiger partial charge on any atom is 0.0159 e. The van der Waals surface area contributed by atoms with Crippen molar-refractivity contribution in [3.05, 3.63) is 0 Å². The van der Waals surface area contributed by atoms with Gasteiger partial charge in [-0.05, 0) is 31.7 Å². The molecule has 0 N–H and O–H groups in total. The number of alkyl halides is 1. The highest BCUT2D eigenvalue weighted by Crippen LogP contribution is 2.29. The lowest BCUT2D eigenvalue weighted by atomic mass is 10.3. The number of nitrogens with zero attached hydrogens (tertiary/aromatic N) is 1. The van der Waals surface area contributed by atoms with Gasteiger partial charge in [-0.1, -0.05) is 29.3 Å². The lowest BCUT2D eigenvalue weighted by molar-refractivity contribution is 0.275. The molecule has 2 heteroatoms. The Hall–Kier alpha value is 0.440. The Morgan fingerprint density at radius 1 is 1.33 bits per heavy atom. The van der Waals surface area contributed by atoms with Crippen LogP contribution in [0.2, 0.25) is 0 Å². The van der Waals surface area contributed by atoms with E-state index < -0.39 is 0 Å². The van der Waals surface area contributed by atoms with E-state index in [0.717, 1.165) is 11.2 Å². The summed E-state index contributed by atoms with van der Waals surface area (Å²) in [6.45, 7) is 6.16. The molecule has 1 rings (SSSR count). The van der Waals surface area contributed by atoms with Gasteiger partial charge in [0.25, 0.3) is 0 Å². The van der Waals surface area contributed by atoms with Crippen LogP contribution in [0.15, 0.2) is 0 Å². The minimum atomic E-state index is 1.04. The van der Waals surface area contributed by atoms with Gasteiger partial charge >= 0.3 is 0 Å². The molecule has 1 fully saturated rings. The number of rotatable bonds is 7. The second kappa shape index (κ2) is 5.98. The highest BCUT2D eigenvalue weighted by atomic mass is 79.9. The van der Waals surface area contributed by atoms with Crippen LogP contribution in [0.25, 0.3) is 0 Å². The third-order valence-electron chi connectivity index (χ3n) is 2.44. The topological polar surface area (TPSA) is 3.24 Å². The second-order valence-electron chi connectivity index (χ2n) is 3.79. The van der Waals surface area contributed by atoms with Crippen LogP contribution < -0.4 is 0 Å². The van der Waals surface area contributed by atoms with Gasteiger partial charge in [0, 0.05) is 18.4 Å². The molecule has 0 aromatic carbocycles. The highest BCUT2D eigenvalue weighted by molar-refractivity contribution is 9.09. The Balaban J connectivity index is 2.07. The molecule has 0 aliphatic heterocycles. The van der Waals surface area contributed by atoms with Crippen molar-refractivity contribution in [2.45, 2.75) is 32.6 Å². The van der Waals surface area contributed by atoms with Crippen LogP contribution in [0.3, 0.4) is 0 Å². The average Bonchev–Trinajstić information content (AvgIpc) is 2.84. The van der Waals surface area contributed by atoms with Gasteiger partial charge in [0.15, 0.2) is 0 Å². The zero-order valence-electron chi connectivity index (χ0n) is 8.06. The van der Waals surface area contributed by atoms with E-state index in [1.807, 2.05) is 0 Å². The second-order valence-corrected chi connectivity index (χ2v) is 4.58.